The molecule has 1 aliphatic rings. The van der Waals surface area contributed by atoms with Crippen LogP contribution in [0, 0.1) is 5.92 Å². The van der Waals surface area contributed by atoms with E-state index in [0.29, 0.717) is 28.0 Å². The maximum atomic E-state index is 12.1. The zero-order valence-electron chi connectivity index (χ0n) is 9.63. The Morgan fingerprint density at radius 3 is 2.59 bits per heavy atom. The summed E-state index contributed by atoms with van der Waals surface area (Å²) in [4.78, 5) is 12.1. The number of benzene rings is 1. The van der Waals surface area contributed by atoms with Crippen LogP contribution < -0.4 is 4.74 Å². The van der Waals surface area contributed by atoms with Gasteiger partial charge in [0.1, 0.15) is 5.75 Å². The minimum absolute atomic E-state index is 0.120. The molecule has 0 atom stereocenters. The maximum absolute atomic E-state index is 12.1. The minimum Gasteiger partial charge on any atom is -0.493 e. The van der Waals surface area contributed by atoms with Crippen molar-refractivity contribution in [3.05, 3.63) is 27.7 Å². The molecule has 0 spiro atoms. The van der Waals surface area contributed by atoms with Crippen molar-refractivity contribution in [2.24, 2.45) is 5.92 Å². The largest absolute Gasteiger partial charge is 0.493 e. The fraction of sp³-hybridized carbons (Fsp3) is 0.462. The third kappa shape index (κ3) is 2.93. The fourth-order valence-corrected chi connectivity index (χ4v) is 1.94. The van der Waals surface area contributed by atoms with Crippen molar-refractivity contribution in [3.8, 4) is 5.75 Å². The van der Waals surface area contributed by atoms with Crippen molar-refractivity contribution in [3.63, 3.8) is 0 Å². The van der Waals surface area contributed by atoms with Gasteiger partial charge in [0.15, 0.2) is 5.78 Å². The number of ether oxygens (including phenoxy) is 1. The van der Waals surface area contributed by atoms with E-state index in [4.69, 9.17) is 27.9 Å². The smallest absolute Gasteiger partial charge is 0.169 e. The number of halogens is 2. The number of carbonyl (C=O) groups is 1. The van der Waals surface area contributed by atoms with Crippen LogP contribution in [0.2, 0.25) is 10.0 Å². The van der Waals surface area contributed by atoms with Gasteiger partial charge in [-0.15, -0.1) is 0 Å². The van der Waals surface area contributed by atoms with Crippen molar-refractivity contribution in [1.29, 1.82) is 0 Å². The Bertz CT molecular complexity index is 439. The molecule has 0 radical (unpaired) electrons. The van der Waals surface area contributed by atoms with E-state index in [-0.39, 0.29) is 11.7 Å². The van der Waals surface area contributed by atoms with E-state index in [1.54, 1.807) is 12.1 Å². The van der Waals surface area contributed by atoms with Crippen molar-refractivity contribution in [2.75, 3.05) is 6.61 Å². The molecule has 2 nitrogen and oxygen atoms in total. The van der Waals surface area contributed by atoms with Gasteiger partial charge < -0.3 is 4.74 Å². The number of rotatable bonds is 5. The molecule has 2 rings (SSSR count). The van der Waals surface area contributed by atoms with Gasteiger partial charge >= 0.3 is 0 Å². The normalized spacial score (nSPS) is 14.8. The summed E-state index contributed by atoms with van der Waals surface area (Å²) in [6.45, 7) is 2.59. The van der Waals surface area contributed by atoms with E-state index in [0.717, 1.165) is 19.3 Å². The first-order chi connectivity index (χ1) is 8.13. The molecular formula is C13H14Cl2O2. The average Bonchev–Trinajstić information content (AvgIpc) is 3.13. The molecule has 1 aliphatic carbocycles. The molecule has 17 heavy (non-hydrogen) atoms. The second kappa shape index (κ2) is 5.28. The minimum atomic E-state index is 0.120. The first-order valence-corrected chi connectivity index (χ1v) is 6.55. The highest BCUT2D eigenvalue weighted by Gasteiger charge is 2.32. The summed E-state index contributed by atoms with van der Waals surface area (Å²) in [5, 5.41) is 0.824. The monoisotopic (exact) mass is 272 g/mol. The Morgan fingerprint density at radius 1 is 1.35 bits per heavy atom. The van der Waals surface area contributed by atoms with Crippen molar-refractivity contribution >= 4 is 29.0 Å². The molecule has 0 bridgehead atoms. The van der Waals surface area contributed by atoms with Crippen LogP contribution in [0.25, 0.3) is 0 Å². The molecule has 0 saturated heterocycles. The van der Waals surface area contributed by atoms with Crippen molar-refractivity contribution in [2.45, 2.75) is 26.2 Å². The predicted octanol–water partition coefficient (Wildman–Crippen LogP) is 4.37. The Labute approximate surface area is 111 Å². The third-order valence-corrected chi connectivity index (χ3v) is 3.42. The molecule has 0 aromatic heterocycles. The summed E-state index contributed by atoms with van der Waals surface area (Å²) in [5.41, 5.74) is 0.565. The average molecular weight is 273 g/mol. The molecule has 92 valence electrons. The van der Waals surface area contributed by atoms with Gasteiger partial charge in [0.25, 0.3) is 0 Å². The predicted molar refractivity (Wildman–Crippen MR) is 69.3 cm³/mol. The van der Waals surface area contributed by atoms with Gasteiger partial charge in [0.2, 0.25) is 0 Å². The summed E-state index contributed by atoms with van der Waals surface area (Å²) in [6, 6.07) is 3.25. The van der Waals surface area contributed by atoms with Crippen LogP contribution in [-0.4, -0.2) is 12.4 Å². The maximum Gasteiger partial charge on any atom is 0.169 e. The van der Waals surface area contributed by atoms with Gasteiger partial charge in [0.05, 0.1) is 22.2 Å². The standard InChI is InChI=1S/C13H14Cl2O2/c1-2-5-17-12-7-11(15)10(14)6-9(12)13(16)8-3-4-8/h6-8H,2-5H2,1H3. The summed E-state index contributed by atoms with van der Waals surface area (Å²) in [7, 11) is 0. The molecule has 0 unspecified atom stereocenters. The second-order valence-electron chi connectivity index (χ2n) is 4.25. The molecule has 1 saturated carbocycles. The lowest BCUT2D eigenvalue weighted by molar-refractivity contribution is 0.0963. The van der Waals surface area contributed by atoms with Gasteiger partial charge in [-0.05, 0) is 25.3 Å². The molecule has 1 fully saturated rings. The van der Waals surface area contributed by atoms with E-state index >= 15 is 0 Å². The van der Waals surface area contributed by atoms with E-state index in [9.17, 15) is 4.79 Å². The lowest BCUT2D eigenvalue weighted by Gasteiger charge is -2.11. The molecule has 4 heteroatoms. The van der Waals surface area contributed by atoms with Crippen LogP contribution in [0.3, 0.4) is 0 Å². The molecule has 0 N–H and O–H groups in total. The van der Waals surface area contributed by atoms with Gasteiger partial charge in [-0.2, -0.15) is 0 Å². The zero-order valence-corrected chi connectivity index (χ0v) is 11.1. The van der Waals surface area contributed by atoms with Crippen LogP contribution in [0.5, 0.6) is 5.75 Å². The third-order valence-electron chi connectivity index (χ3n) is 2.70. The highest BCUT2D eigenvalue weighted by atomic mass is 35.5. The molecule has 1 aromatic rings. The Hall–Kier alpha value is -0.730. The Morgan fingerprint density at radius 2 is 2.00 bits per heavy atom. The topological polar surface area (TPSA) is 26.3 Å². The van der Waals surface area contributed by atoms with E-state index in [1.807, 2.05) is 6.92 Å². The molecule has 0 aliphatic heterocycles. The SMILES string of the molecule is CCCOc1cc(Cl)c(Cl)cc1C(=O)C1CC1. The van der Waals surface area contributed by atoms with Crippen LogP contribution >= 0.6 is 23.2 Å². The van der Waals surface area contributed by atoms with E-state index in [2.05, 4.69) is 0 Å². The number of hydrogen-bond acceptors (Lipinski definition) is 2. The van der Waals surface area contributed by atoms with Gasteiger partial charge in [0, 0.05) is 12.0 Å². The number of carbonyl (C=O) groups excluding carboxylic acids is 1. The molecule has 0 heterocycles. The Kier molecular flexibility index (Phi) is 3.95. The number of ketones is 1. The fourth-order valence-electron chi connectivity index (χ4n) is 1.62. The Balaban J connectivity index is 2.32. The van der Waals surface area contributed by atoms with Crippen LogP contribution in [0.15, 0.2) is 12.1 Å². The first kappa shape index (κ1) is 12.7. The number of Topliss-reactive ketones (excluding diaryl/α,β-unsaturated/α-hetero) is 1. The van der Waals surface area contributed by atoms with Crippen molar-refractivity contribution < 1.29 is 9.53 Å². The molecular weight excluding hydrogens is 259 g/mol. The van der Waals surface area contributed by atoms with Crippen molar-refractivity contribution in [1.82, 2.24) is 0 Å². The summed E-state index contributed by atoms with van der Waals surface area (Å²) in [5.74, 6) is 0.823. The lowest BCUT2D eigenvalue weighted by Crippen LogP contribution is -2.06. The summed E-state index contributed by atoms with van der Waals surface area (Å²) >= 11 is 11.9. The summed E-state index contributed by atoms with van der Waals surface area (Å²) in [6.07, 6.45) is 2.82. The van der Waals surface area contributed by atoms with Gasteiger partial charge in [-0.25, -0.2) is 0 Å². The zero-order chi connectivity index (χ0) is 12.4. The van der Waals surface area contributed by atoms with E-state index < -0.39 is 0 Å². The van der Waals surface area contributed by atoms with Crippen LogP contribution in [-0.2, 0) is 0 Å². The van der Waals surface area contributed by atoms with E-state index in [1.165, 1.54) is 0 Å². The first-order valence-electron chi connectivity index (χ1n) is 5.79. The van der Waals surface area contributed by atoms with Gasteiger partial charge in [-0.1, -0.05) is 30.1 Å². The quantitative estimate of drug-likeness (QED) is 0.744. The highest BCUT2D eigenvalue weighted by Crippen LogP contribution is 2.38. The summed E-state index contributed by atoms with van der Waals surface area (Å²) < 4.78 is 5.56. The number of hydrogen-bond donors (Lipinski definition) is 0. The highest BCUT2D eigenvalue weighted by molar-refractivity contribution is 6.42. The van der Waals surface area contributed by atoms with Gasteiger partial charge in [-0.3, -0.25) is 4.79 Å². The van der Waals surface area contributed by atoms with Crippen LogP contribution in [0.4, 0.5) is 0 Å². The molecule has 1 aromatic carbocycles. The lowest BCUT2D eigenvalue weighted by atomic mass is 10.1. The second-order valence-corrected chi connectivity index (χ2v) is 5.06. The van der Waals surface area contributed by atoms with Crippen LogP contribution in [0.1, 0.15) is 36.5 Å². The molecule has 0 amide bonds.